The van der Waals surface area contributed by atoms with Crippen LogP contribution in [0, 0.1) is 0 Å². The number of sulfonamides is 1. The zero-order valence-electron chi connectivity index (χ0n) is 19.1. The lowest BCUT2D eigenvalue weighted by atomic mass is 9.91. The van der Waals surface area contributed by atoms with Gasteiger partial charge in [-0.3, -0.25) is 9.78 Å². The maximum Gasteiger partial charge on any atom is 0.242 e. The van der Waals surface area contributed by atoms with Gasteiger partial charge in [-0.25, -0.2) is 18.1 Å². The van der Waals surface area contributed by atoms with Crippen LogP contribution in [0.5, 0.6) is 0 Å². The number of nitrogens with zero attached hydrogens (tertiary/aromatic N) is 2. The molecule has 2 aliphatic rings. The molecule has 1 aliphatic carbocycles. The lowest BCUT2D eigenvalue weighted by Gasteiger charge is -2.31. The Balaban J connectivity index is 1.39. The summed E-state index contributed by atoms with van der Waals surface area (Å²) in [5.41, 5.74) is 2.23. The molecule has 1 aromatic carbocycles. The van der Waals surface area contributed by atoms with Crippen LogP contribution >= 0.6 is 11.3 Å². The second-order valence-corrected chi connectivity index (χ2v) is 11.8. The van der Waals surface area contributed by atoms with E-state index < -0.39 is 15.8 Å². The van der Waals surface area contributed by atoms with Crippen molar-refractivity contribution in [3.05, 3.63) is 36.7 Å². The molecule has 3 aromatic rings. The highest BCUT2D eigenvalue weighted by molar-refractivity contribution is 7.89. The minimum Gasteiger partial charge on any atom is -0.345 e. The third-order valence-electron chi connectivity index (χ3n) is 5.96. The number of rotatable bonds is 5. The van der Waals surface area contributed by atoms with Gasteiger partial charge in [-0.2, -0.15) is 0 Å². The molecule has 0 spiro atoms. The molecule has 180 valence electrons. The number of fused-ring (bicyclic) bond motifs is 2. The van der Waals surface area contributed by atoms with Crippen molar-refractivity contribution in [2.75, 3.05) is 5.32 Å². The Kier molecular flexibility index (Phi) is 5.93. The van der Waals surface area contributed by atoms with Crippen LogP contribution in [0.1, 0.15) is 40.0 Å². The van der Waals surface area contributed by atoms with Crippen molar-refractivity contribution in [1.29, 1.82) is 0 Å². The van der Waals surface area contributed by atoms with Crippen molar-refractivity contribution in [3.8, 4) is 11.1 Å². The molecule has 11 heteroatoms. The summed E-state index contributed by atoms with van der Waals surface area (Å²) < 4.78 is 42.2. The number of benzene rings is 1. The van der Waals surface area contributed by atoms with E-state index in [0.717, 1.165) is 28.6 Å². The van der Waals surface area contributed by atoms with Gasteiger partial charge in [-0.15, -0.1) is 0 Å². The zero-order valence-corrected chi connectivity index (χ0v) is 20.7. The van der Waals surface area contributed by atoms with Crippen LogP contribution in [0.2, 0.25) is 0 Å². The van der Waals surface area contributed by atoms with E-state index >= 15 is 0 Å². The highest BCUT2D eigenvalue weighted by atomic mass is 32.2. The maximum atomic E-state index is 13.3. The van der Waals surface area contributed by atoms with E-state index in [-0.39, 0.29) is 29.1 Å². The quantitative estimate of drug-likeness (QED) is 0.546. The molecule has 1 aliphatic heterocycles. The molecule has 1 amide bonds. The Bertz CT molecular complexity index is 1350. The van der Waals surface area contributed by atoms with Gasteiger partial charge in [0.15, 0.2) is 10.9 Å². The van der Waals surface area contributed by atoms with Crippen molar-refractivity contribution in [3.63, 3.8) is 0 Å². The van der Waals surface area contributed by atoms with Crippen molar-refractivity contribution in [2.45, 2.75) is 69.0 Å². The van der Waals surface area contributed by atoms with Gasteiger partial charge in [0.1, 0.15) is 11.0 Å². The second-order valence-electron chi connectivity index (χ2n) is 9.09. The smallest absolute Gasteiger partial charge is 0.242 e. The number of ether oxygens (including phenoxy) is 2. The van der Waals surface area contributed by atoms with Gasteiger partial charge >= 0.3 is 0 Å². The predicted octanol–water partition coefficient (Wildman–Crippen LogP) is 3.67. The van der Waals surface area contributed by atoms with Crippen LogP contribution in [0.25, 0.3) is 21.3 Å². The first-order valence-electron chi connectivity index (χ1n) is 11.1. The summed E-state index contributed by atoms with van der Waals surface area (Å²) in [4.78, 5) is 20.0. The van der Waals surface area contributed by atoms with Crippen molar-refractivity contribution in [1.82, 2.24) is 14.7 Å². The number of thiazole rings is 1. The van der Waals surface area contributed by atoms with Crippen LogP contribution in [-0.2, 0) is 24.3 Å². The number of hydrogen-bond acceptors (Lipinski definition) is 8. The molecule has 2 aromatic heterocycles. The number of hydrogen-bond donors (Lipinski definition) is 2. The Morgan fingerprint density at radius 2 is 1.97 bits per heavy atom. The van der Waals surface area contributed by atoms with Gasteiger partial charge in [-0.05, 0) is 56.9 Å². The minimum absolute atomic E-state index is 0.0913. The second kappa shape index (κ2) is 8.65. The molecule has 9 nitrogen and oxygen atoms in total. The van der Waals surface area contributed by atoms with Crippen LogP contribution in [0.3, 0.4) is 0 Å². The minimum atomic E-state index is -3.82. The fraction of sp³-hybridized carbons (Fsp3) is 0.435. The van der Waals surface area contributed by atoms with E-state index in [4.69, 9.17) is 9.47 Å². The average Bonchev–Trinajstić information content (AvgIpc) is 3.31. The third-order valence-corrected chi connectivity index (χ3v) is 8.35. The zero-order chi connectivity index (χ0) is 24.1. The number of amides is 1. The predicted molar refractivity (Wildman–Crippen MR) is 129 cm³/mol. The highest BCUT2D eigenvalue weighted by Crippen LogP contribution is 2.37. The van der Waals surface area contributed by atoms with Crippen LogP contribution in [0.15, 0.2) is 41.6 Å². The Morgan fingerprint density at radius 3 is 2.76 bits per heavy atom. The summed E-state index contributed by atoms with van der Waals surface area (Å²) >= 11 is 1.36. The molecule has 0 bridgehead atoms. The van der Waals surface area contributed by atoms with Crippen molar-refractivity contribution in [2.24, 2.45) is 0 Å². The van der Waals surface area contributed by atoms with E-state index in [1.807, 2.05) is 32.0 Å². The van der Waals surface area contributed by atoms with Gasteiger partial charge in [0.05, 0.1) is 22.4 Å². The summed E-state index contributed by atoms with van der Waals surface area (Å²) in [7, 11) is -3.82. The van der Waals surface area contributed by atoms with Crippen LogP contribution in [-0.4, -0.2) is 48.3 Å². The van der Waals surface area contributed by atoms with E-state index in [1.165, 1.54) is 24.5 Å². The molecular weight excluding hydrogens is 476 g/mol. The molecule has 2 N–H and O–H groups in total. The summed E-state index contributed by atoms with van der Waals surface area (Å²) in [5, 5.41) is 3.21. The molecule has 5 rings (SSSR count). The number of carbonyl (C=O) groups is 1. The van der Waals surface area contributed by atoms with E-state index in [2.05, 4.69) is 20.0 Å². The number of carbonyl (C=O) groups excluding carboxylic acids is 1. The van der Waals surface area contributed by atoms with Crippen molar-refractivity contribution >= 4 is 42.6 Å². The lowest BCUT2D eigenvalue weighted by Crippen LogP contribution is -2.49. The molecule has 1 saturated heterocycles. The van der Waals surface area contributed by atoms with Gasteiger partial charge in [0.25, 0.3) is 0 Å². The summed E-state index contributed by atoms with van der Waals surface area (Å²) in [6.07, 6.45) is 4.95. The van der Waals surface area contributed by atoms with Crippen LogP contribution in [0.4, 0.5) is 5.13 Å². The fourth-order valence-electron chi connectivity index (χ4n) is 4.56. The van der Waals surface area contributed by atoms with E-state index in [1.54, 1.807) is 12.3 Å². The third kappa shape index (κ3) is 4.71. The summed E-state index contributed by atoms with van der Waals surface area (Å²) in [5.74, 6) is -0.906. The number of nitrogens with one attached hydrogen (secondary N) is 2. The Labute approximate surface area is 202 Å². The van der Waals surface area contributed by atoms with E-state index in [9.17, 15) is 13.2 Å². The van der Waals surface area contributed by atoms with Gasteiger partial charge < -0.3 is 14.8 Å². The molecule has 1 saturated carbocycles. The van der Waals surface area contributed by atoms with E-state index in [0.29, 0.717) is 17.1 Å². The average molecular weight is 503 g/mol. The number of pyridine rings is 1. The molecule has 34 heavy (non-hydrogen) atoms. The van der Waals surface area contributed by atoms with Crippen molar-refractivity contribution < 1.29 is 22.7 Å². The Morgan fingerprint density at radius 1 is 1.15 bits per heavy atom. The Hall–Kier alpha value is -2.44. The monoisotopic (exact) mass is 502 g/mol. The first-order valence-corrected chi connectivity index (χ1v) is 13.4. The SMILES string of the molecule is CC(=O)Nc1nc2ccc(-c3cncc(S(=O)(=O)NC4CCC[C@@H]5OC(C)(C)O[C@H]45)c3)cc2s1. The van der Waals surface area contributed by atoms with Gasteiger partial charge in [-0.1, -0.05) is 17.4 Å². The molecule has 3 heterocycles. The standard InChI is InChI=1S/C23H26N4O5S2/c1-13(28)25-22-26-17-8-7-14(10-20(17)33-22)15-9-16(12-24-11-15)34(29,30)27-18-5-4-6-19-21(18)32-23(2,3)31-19/h7-12,18-19,21,27H,4-6H2,1-3H3,(H,25,26,28)/t18?,19-,21+/m0/s1. The maximum absolute atomic E-state index is 13.3. The first-order chi connectivity index (χ1) is 16.1. The number of aromatic nitrogens is 2. The summed E-state index contributed by atoms with van der Waals surface area (Å²) in [6, 6.07) is 6.86. The summed E-state index contributed by atoms with van der Waals surface area (Å²) in [6.45, 7) is 5.13. The van der Waals surface area contributed by atoms with Crippen LogP contribution < -0.4 is 10.0 Å². The lowest BCUT2D eigenvalue weighted by molar-refractivity contribution is -0.146. The molecular formula is C23H26N4O5S2. The van der Waals surface area contributed by atoms with Gasteiger partial charge in [0, 0.05) is 24.9 Å². The molecule has 2 fully saturated rings. The molecule has 1 unspecified atom stereocenters. The fourth-order valence-corrected chi connectivity index (χ4v) is 6.78. The largest absolute Gasteiger partial charge is 0.345 e. The molecule has 3 atom stereocenters. The highest BCUT2D eigenvalue weighted by Gasteiger charge is 2.47. The normalized spacial score (nSPS) is 24.1. The molecule has 0 radical (unpaired) electrons. The van der Waals surface area contributed by atoms with Gasteiger partial charge in [0.2, 0.25) is 15.9 Å². The first kappa shape index (κ1) is 23.3. The number of anilines is 1. The topological polar surface area (TPSA) is 120 Å².